The highest BCUT2D eigenvalue weighted by Crippen LogP contribution is 2.14. The van der Waals surface area contributed by atoms with Crippen LogP contribution in [0.25, 0.3) is 0 Å². The lowest BCUT2D eigenvalue weighted by atomic mass is 10.7. The van der Waals surface area contributed by atoms with Crippen LogP contribution in [0.3, 0.4) is 0 Å². The molecule has 0 spiro atoms. The van der Waals surface area contributed by atoms with Crippen LogP contribution in [0.1, 0.15) is 0 Å². The van der Waals surface area contributed by atoms with Crippen molar-refractivity contribution in [3.63, 3.8) is 0 Å². The molecule has 0 N–H and O–H groups in total. The molecule has 0 bridgehead atoms. The highest BCUT2D eigenvalue weighted by molar-refractivity contribution is 4.72. The van der Waals surface area contributed by atoms with Gasteiger partial charge >= 0.3 is 6.18 Å². The number of alkyl halides is 3. The van der Waals surface area contributed by atoms with E-state index in [0.717, 1.165) is 0 Å². The van der Waals surface area contributed by atoms with Crippen molar-refractivity contribution in [3.05, 3.63) is 18.7 Å². The molecule has 0 radical (unpaired) electrons. The van der Waals surface area contributed by atoms with E-state index in [9.17, 15) is 13.2 Å². The van der Waals surface area contributed by atoms with Crippen LogP contribution in [0.5, 0.6) is 0 Å². The Balaban J connectivity index is 2.20. The number of hydrogen-bond acceptors (Lipinski definition) is 2. The molecule has 0 unspecified atom stereocenters. The van der Waals surface area contributed by atoms with Gasteiger partial charge in [0.15, 0.2) is 0 Å². The minimum atomic E-state index is -4.26. The second-order valence-electron chi connectivity index (χ2n) is 2.17. The van der Waals surface area contributed by atoms with Crippen LogP contribution in [-0.4, -0.2) is 22.3 Å². The molecule has 0 aromatic carbocycles. The minimum Gasteiger partial charge on any atom is -0.351 e. The first-order valence-electron chi connectivity index (χ1n) is 3.18. The summed E-state index contributed by atoms with van der Waals surface area (Å²) in [5.74, 6) is 0. The second-order valence-corrected chi connectivity index (χ2v) is 2.17. The van der Waals surface area contributed by atoms with Crippen LogP contribution in [0.2, 0.25) is 0 Å². The van der Waals surface area contributed by atoms with Crippen molar-refractivity contribution in [2.24, 2.45) is 0 Å². The molecule has 1 aromatic rings. The van der Waals surface area contributed by atoms with E-state index in [0.29, 0.717) is 0 Å². The average Bonchev–Trinajstić information content (AvgIpc) is 2.36. The molecule has 0 saturated carbocycles. The minimum absolute atomic E-state index is 0.125. The Morgan fingerprint density at radius 2 is 2.17 bits per heavy atom. The molecule has 0 aliphatic carbocycles. The molecule has 12 heavy (non-hydrogen) atoms. The van der Waals surface area contributed by atoms with Gasteiger partial charge in [0.2, 0.25) is 0 Å². The predicted octanol–water partition coefficient (Wildman–Crippen LogP) is 1.42. The molecule has 3 nitrogen and oxygen atoms in total. The van der Waals surface area contributed by atoms with Gasteiger partial charge in [-0.1, -0.05) is 0 Å². The molecule has 0 amide bonds. The van der Waals surface area contributed by atoms with E-state index >= 15 is 0 Å². The first-order valence-corrected chi connectivity index (χ1v) is 3.18. The number of rotatable bonds is 3. The number of ether oxygens (including phenoxy) is 1. The summed E-state index contributed by atoms with van der Waals surface area (Å²) in [4.78, 5) is 3.64. The molecule has 0 aliphatic rings. The number of halogens is 3. The standard InChI is InChI=1S/C6H7F3N2O/c7-6(8,9)3-12-5-11-2-1-10-4-11/h1-2,4H,3,5H2. The zero-order valence-electron chi connectivity index (χ0n) is 6.08. The van der Waals surface area contributed by atoms with E-state index in [4.69, 9.17) is 0 Å². The molecule has 0 atom stereocenters. The Kier molecular flexibility index (Phi) is 2.69. The molecule has 1 aromatic heterocycles. The van der Waals surface area contributed by atoms with Gasteiger partial charge < -0.3 is 9.30 Å². The van der Waals surface area contributed by atoms with E-state index in [1.807, 2.05) is 0 Å². The van der Waals surface area contributed by atoms with Crippen LogP contribution in [-0.2, 0) is 11.5 Å². The monoisotopic (exact) mass is 180 g/mol. The van der Waals surface area contributed by atoms with Gasteiger partial charge in [-0.3, -0.25) is 0 Å². The number of nitrogens with zero attached hydrogens (tertiary/aromatic N) is 2. The van der Waals surface area contributed by atoms with Crippen molar-refractivity contribution in [1.82, 2.24) is 9.55 Å². The fourth-order valence-electron chi connectivity index (χ4n) is 0.630. The van der Waals surface area contributed by atoms with E-state index < -0.39 is 12.8 Å². The predicted molar refractivity (Wildman–Crippen MR) is 34.2 cm³/mol. The molecule has 68 valence electrons. The maximum Gasteiger partial charge on any atom is 0.411 e. The quantitative estimate of drug-likeness (QED) is 0.703. The summed E-state index contributed by atoms with van der Waals surface area (Å²) in [6.07, 6.45) is 0.115. The molecule has 6 heteroatoms. The first-order chi connectivity index (χ1) is 5.58. The zero-order valence-corrected chi connectivity index (χ0v) is 6.08. The van der Waals surface area contributed by atoms with Crippen LogP contribution in [0.4, 0.5) is 13.2 Å². The normalized spacial score (nSPS) is 11.9. The van der Waals surface area contributed by atoms with Crippen LogP contribution in [0, 0.1) is 0 Å². The summed E-state index contributed by atoms with van der Waals surface area (Å²) in [5, 5.41) is 0. The van der Waals surface area contributed by atoms with Crippen molar-refractivity contribution in [2.75, 3.05) is 6.61 Å². The number of hydrogen-bond donors (Lipinski definition) is 0. The van der Waals surface area contributed by atoms with Crippen LogP contribution < -0.4 is 0 Å². The maximum atomic E-state index is 11.5. The fourth-order valence-corrected chi connectivity index (χ4v) is 0.630. The summed E-state index contributed by atoms with van der Waals surface area (Å²) in [6, 6.07) is 0. The smallest absolute Gasteiger partial charge is 0.351 e. The third kappa shape index (κ3) is 3.38. The lowest BCUT2D eigenvalue weighted by Crippen LogP contribution is -2.17. The van der Waals surface area contributed by atoms with Gasteiger partial charge in [-0.15, -0.1) is 0 Å². The van der Waals surface area contributed by atoms with Gasteiger partial charge in [0.1, 0.15) is 13.3 Å². The van der Waals surface area contributed by atoms with E-state index in [1.54, 1.807) is 0 Å². The summed E-state index contributed by atoms with van der Waals surface area (Å²) >= 11 is 0. The fraction of sp³-hybridized carbons (Fsp3) is 0.500. The molecule has 0 fully saturated rings. The van der Waals surface area contributed by atoms with Crippen molar-refractivity contribution in [1.29, 1.82) is 0 Å². The number of aromatic nitrogens is 2. The lowest BCUT2D eigenvalue weighted by Gasteiger charge is -2.07. The van der Waals surface area contributed by atoms with Crippen molar-refractivity contribution >= 4 is 0 Å². The third-order valence-electron chi connectivity index (χ3n) is 1.07. The Morgan fingerprint density at radius 3 is 2.67 bits per heavy atom. The summed E-state index contributed by atoms with van der Waals surface area (Å²) in [7, 11) is 0. The Labute approximate surface area is 66.8 Å². The molecule has 1 rings (SSSR count). The van der Waals surface area contributed by atoms with Crippen LogP contribution >= 0.6 is 0 Å². The molecular weight excluding hydrogens is 173 g/mol. The average molecular weight is 180 g/mol. The highest BCUT2D eigenvalue weighted by Gasteiger charge is 2.27. The lowest BCUT2D eigenvalue weighted by molar-refractivity contribution is -0.181. The van der Waals surface area contributed by atoms with Gasteiger partial charge in [0.05, 0.1) is 6.33 Å². The molecule has 1 heterocycles. The van der Waals surface area contributed by atoms with E-state index in [2.05, 4.69) is 9.72 Å². The topological polar surface area (TPSA) is 27.1 Å². The first kappa shape index (κ1) is 9.05. The third-order valence-corrected chi connectivity index (χ3v) is 1.07. The van der Waals surface area contributed by atoms with Crippen LogP contribution in [0.15, 0.2) is 18.7 Å². The van der Waals surface area contributed by atoms with Gasteiger partial charge in [-0.2, -0.15) is 13.2 Å². The highest BCUT2D eigenvalue weighted by atomic mass is 19.4. The van der Waals surface area contributed by atoms with Crippen molar-refractivity contribution in [3.8, 4) is 0 Å². The molecular formula is C6H7F3N2O. The van der Waals surface area contributed by atoms with E-state index in [1.165, 1.54) is 23.3 Å². The maximum absolute atomic E-state index is 11.5. The Hall–Kier alpha value is -1.04. The molecule has 0 saturated heterocycles. The largest absolute Gasteiger partial charge is 0.411 e. The Morgan fingerprint density at radius 1 is 1.42 bits per heavy atom. The van der Waals surface area contributed by atoms with E-state index in [-0.39, 0.29) is 6.73 Å². The SMILES string of the molecule is FC(F)(F)COCn1ccnc1. The van der Waals surface area contributed by atoms with Gasteiger partial charge in [-0.25, -0.2) is 4.98 Å². The van der Waals surface area contributed by atoms with Gasteiger partial charge in [-0.05, 0) is 0 Å². The Bertz CT molecular complexity index is 219. The molecule has 0 aliphatic heterocycles. The van der Waals surface area contributed by atoms with Gasteiger partial charge in [0, 0.05) is 12.4 Å². The van der Waals surface area contributed by atoms with Gasteiger partial charge in [0.25, 0.3) is 0 Å². The van der Waals surface area contributed by atoms with Crippen molar-refractivity contribution in [2.45, 2.75) is 12.9 Å². The summed E-state index contributed by atoms with van der Waals surface area (Å²) in [5.41, 5.74) is 0. The summed E-state index contributed by atoms with van der Waals surface area (Å²) < 4.78 is 40.4. The second kappa shape index (κ2) is 3.57. The summed E-state index contributed by atoms with van der Waals surface area (Å²) in [6.45, 7) is -1.36. The zero-order chi connectivity index (χ0) is 9.03. The number of imidazole rings is 1. The van der Waals surface area contributed by atoms with Crippen molar-refractivity contribution < 1.29 is 17.9 Å².